The summed E-state index contributed by atoms with van der Waals surface area (Å²) >= 11 is 0. The molecule has 1 heterocycles. The van der Waals surface area contributed by atoms with Crippen LogP contribution < -0.4 is 16.0 Å². The van der Waals surface area contributed by atoms with Crippen LogP contribution in [-0.2, 0) is 0 Å². The SMILES string of the molecule is Cc1c(NN)nc(C2CC2)nc1OC1CCC(C)CC1. The molecule has 0 spiro atoms. The van der Waals surface area contributed by atoms with E-state index in [1.165, 1.54) is 25.7 Å². The maximum absolute atomic E-state index is 6.15. The Labute approximate surface area is 120 Å². The lowest BCUT2D eigenvalue weighted by atomic mass is 9.89. The largest absolute Gasteiger partial charge is 0.474 e. The normalized spacial score (nSPS) is 26.4. The molecule has 5 nitrogen and oxygen atoms in total. The lowest BCUT2D eigenvalue weighted by molar-refractivity contribution is 0.129. The van der Waals surface area contributed by atoms with E-state index in [9.17, 15) is 0 Å². The number of hydrogen-bond acceptors (Lipinski definition) is 5. The molecule has 0 saturated heterocycles. The monoisotopic (exact) mass is 276 g/mol. The van der Waals surface area contributed by atoms with Crippen molar-refractivity contribution in [2.45, 2.75) is 64.4 Å². The van der Waals surface area contributed by atoms with Crippen LogP contribution in [0.25, 0.3) is 0 Å². The first-order chi connectivity index (χ1) is 9.67. The summed E-state index contributed by atoms with van der Waals surface area (Å²) in [5.41, 5.74) is 3.58. The summed E-state index contributed by atoms with van der Waals surface area (Å²) in [6.07, 6.45) is 7.36. The van der Waals surface area contributed by atoms with Gasteiger partial charge in [0.1, 0.15) is 17.7 Å². The summed E-state index contributed by atoms with van der Waals surface area (Å²) in [6.45, 7) is 4.28. The van der Waals surface area contributed by atoms with Crippen LogP contribution in [0.5, 0.6) is 5.88 Å². The van der Waals surface area contributed by atoms with Gasteiger partial charge in [0.05, 0.1) is 5.56 Å². The molecule has 5 heteroatoms. The average Bonchev–Trinajstić information content (AvgIpc) is 3.28. The molecule has 2 aliphatic rings. The molecule has 3 N–H and O–H groups in total. The van der Waals surface area contributed by atoms with Crippen molar-refractivity contribution in [1.29, 1.82) is 0 Å². The Balaban J connectivity index is 1.78. The first-order valence-electron chi connectivity index (χ1n) is 7.69. The minimum absolute atomic E-state index is 0.289. The van der Waals surface area contributed by atoms with Gasteiger partial charge in [0, 0.05) is 5.92 Å². The van der Waals surface area contributed by atoms with Crippen LogP contribution in [0.2, 0.25) is 0 Å². The Bertz CT molecular complexity index is 479. The van der Waals surface area contributed by atoms with Crippen molar-refractivity contribution >= 4 is 5.82 Å². The van der Waals surface area contributed by atoms with Crippen LogP contribution in [0.4, 0.5) is 5.82 Å². The molecule has 2 saturated carbocycles. The van der Waals surface area contributed by atoms with Gasteiger partial charge in [0.2, 0.25) is 5.88 Å². The Morgan fingerprint density at radius 1 is 1.10 bits per heavy atom. The lowest BCUT2D eigenvalue weighted by Crippen LogP contribution is -2.24. The molecule has 1 aromatic rings. The molecule has 0 aromatic carbocycles. The van der Waals surface area contributed by atoms with Crippen LogP contribution in [0.3, 0.4) is 0 Å². The second-order valence-corrected chi connectivity index (χ2v) is 6.28. The number of ether oxygens (including phenoxy) is 1. The van der Waals surface area contributed by atoms with Crippen LogP contribution >= 0.6 is 0 Å². The van der Waals surface area contributed by atoms with Gasteiger partial charge in [-0.25, -0.2) is 10.8 Å². The summed E-state index contributed by atoms with van der Waals surface area (Å²) in [4.78, 5) is 9.12. The fourth-order valence-electron chi connectivity index (χ4n) is 2.80. The van der Waals surface area contributed by atoms with Gasteiger partial charge in [-0.05, 0) is 51.4 Å². The molecular formula is C15H24N4O. The molecule has 2 fully saturated rings. The number of nitrogens with two attached hydrogens (primary N) is 1. The van der Waals surface area contributed by atoms with Crippen LogP contribution in [0, 0.1) is 12.8 Å². The molecule has 0 radical (unpaired) electrons. The lowest BCUT2D eigenvalue weighted by Gasteiger charge is -2.27. The predicted molar refractivity (Wildman–Crippen MR) is 78.6 cm³/mol. The molecule has 20 heavy (non-hydrogen) atoms. The number of nitrogens with one attached hydrogen (secondary N) is 1. The Morgan fingerprint density at radius 2 is 1.80 bits per heavy atom. The van der Waals surface area contributed by atoms with Crippen molar-refractivity contribution in [3.8, 4) is 5.88 Å². The second-order valence-electron chi connectivity index (χ2n) is 6.28. The van der Waals surface area contributed by atoms with Gasteiger partial charge in [0.25, 0.3) is 0 Å². The number of rotatable bonds is 4. The van der Waals surface area contributed by atoms with Crippen molar-refractivity contribution in [3.63, 3.8) is 0 Å². The summed E-state index contributed by atoms with van der Waals surface area (Å²) in [5.74, 6) is 9.17. The van der Waals surface area contributed by atoms with Crippen molar-refractivity contribution in [3.05, 3.63) is 11.4 Å². The third kappa shape index (κ3) is 2.87. The number of hydrogen-bond donors (Lipinski definition) is 2. The standard InChI is InChI=1S/C15H24N4O/c1-9-3-7-12(8-4-9)20-15-10(2)13(19-16)17-14(18-15)11-5-6-11/h9,11-12H,3-8,16H2,1-2H3,(H,17,18,19). The van der Waals surface area contributed by atoms with Gasteiger partial charge in [-0.15, -0.1) is 0 Å². The van der Waals surface area contributed by atoms with E-state index < -0.39 is 0 Å². The molecule has 0 aliphatic heterocycles. The highest BCUT2D eigenvalue weighted by molar-refractivity contribution is 5.48. The van der Waals surface area contributed by atoms with E-state index in [4.69, 9.17) is 10.6 Å². The van der Waals surface area contributed by atoms with Crippen LogP contribution in [-0.4, -0.2) is 16.1 Å². The smallest absolute Gasteiger partial charge is 0.222 e. The zero-order valence-corrected chi connectivity index (χ0v) is 12.4. The first kappa shape index (κ1) is 13.6. The van der Waals surface area contributed by atoms with E-state index in [1.54, 1.807) is 0 Å². The zero-order chi connectivity index (χ0) is 14.1. The fraction of sp³-hybridized carbons (Fsp3) is 0.733. The minimum atomic E-state index is 0.289. The highest BCUT2D eigenvalue weighted by atomic mass is 16.5. The maximum Gasteiger partial charge on any atom is 0.222 e. The van der Waals surface area contributed by atoms with Gasteiger partial charge in [-0.1, -0.05) is 6.92 Å². The number of anilines is 1. The molecule has 0 amide bonds. The van der Waals surface area contributed by atoms with Gasteiger partial charge in [-0.2, -0.15) is 4.98 Å². The van der Waals surface area contributed by atoms with E-state index in [-0.39, 0.29) is 6.10 Å². The topological polar surface area (TPSA) is 73.1 Å². The highest BCUT2D eigenvalue weighted by Gasteiger charge is 2.29. The predicted octanol–water partition coefficient (Wildman–Crippen LogP) is 2.91. The Morgan fingerprint density at radius 3 is 2.40 bits per heavy atom. The van der Waals surface area contributed by atoms with Crippen LogP contribution in [0.1, 0.15) is 62.8 Å². The highest BCUT2D eigenvalue weighted by Crippen LogP contribution is 2.40. The van der Waals surface area contributed by atoms with Gasteiger partial charge in [0.15, 0.2) is 0 Å². The quantitative estimate of drug-likeness (QED) is 0.653. The van der Waals surface area contributed by atoms with E-state index in [0.717, 1.165) is 36.0 Å². The number of nitrogens with zero attached hydrogens (tertiary/aromatic N) is 2. The minimum Gasteiger partial charge on any atom is -0.474 e. The Kier molecular flexibility index (Phi) is 3.78. The van der Waals surface area contributed by atoms with E-state index in [0.29, 0.717) is 11.7 Å². The van der Waals surface area contributed by atoms with Crippen LogP contribution in [0.15, 0.2) is 0 Å². The van der Waals surface area contributed by atoms with E-state index in [1.807, 2.05) is 6.92 Å². The molecule has 0 bridgehead atoms. The molecule has 110 valence electrons. The van der Waals surface area contributed by atoms with Crippen molar-refractivity contribution < 1.29 is 4.74 Å². The summed E-state index contributed by atoms with van der Waals surface area (Å²) < 4.78 is 6.15. The summed E-state index contributed by atoms with van der Waals surface area (Å²) in [6, 6.07) is 0. The van der Waals surface area contributed by atoms with Gasteiger partial charge >= 0.3 is 0 Å². The molecule has 2 aliphatic carbocycles. The van der Waals surface area contributed by atoms with Crippen molar-refractivity contribution in [2.75, 3.05) is 5.43 Å². The third-order valence-corrected chi connectivity index (χ3v) is 4.44. The molecule has 3 rings (SSSR count). The first-order valence-corrected chi connectivity index (χ1v) is 7.69. The van der Waals surface area contributed by atoms with Gasteiger partial charge < -0.3 is 10.2 Å². The summed E-state index contributed by atoms with van der Waals surface area (Å²) in [5, 5.41) is 0. The number of aromatic nitrogens is 2. The zero-order valence-electron chi connectivity index (χ0n) is 12.4. The van der Waals surface area contributed by atoms with Crippen molar-refractivity contribution in [2.24, 2.45) is 11.8 Å². The Hall–Kier alpha value is -1.36. The summed E-state index contributed by atoms with van der Waals surface area (Å²) in [7, 11) is 0. The van der Waals surface area contributed by atoms with Crippen molar-refractivity contribution in [1.82, 2.24) is 9.97 Å². The molecular weight excluding hydrogens is 252 g/mol. The molecule has 0 unspecified atom stereocenters. The average molecular weight is 276 g/mol. The second kappa shape index (κ2) is 5.56. The molecule has 1 aromatic heterocycles. The number of nitrogen functional groups attached to an aromatic ring is 1. The molecule has 0 atom stereocenters. The fourth-order valence-corrected chi connectivity index (χ4v) is 2.80. The van der Waals surface area contributed by atoms with E-state index in [2.05, 4.69) is 22.3 Å². The number of hydrazine groups is 1. The maximum atomic E-state index is 6.15. The third-order valence-electron chi connectivity index (χ3n) is 4.44. The van der Waals surface area contributed by atoms with E-state index >= 15 is 0 Å². The van der Waals surface area contributed by atoms with Gasteiger partial charge in [-0.3, -0.25) is 0 Å².